The number of piperidine rings is 1. The van der Waals surface area contributed by atoms with Gasteiger partial charge in [0.25, 0.3) is 17.4 Å². The normalized spacial score (nSPS) is 16.3. The smallest absolute Gasteiger partial charge is 0.255 e. The molecule has 0 aliphatic carbocycles. The first-order valence-electron chi connectivity index (χ1n) is 16.6. The number of pyridine rings is 1. The van der Waals surface area contributed by atoms with Crippen molar-refractivity contribution in [3.8, 4) is 17.2 Å². The largest absolute Gasteiger partial charge is 0.493 e. The Morgan fingerprint density at radius 1 is 0.796 bits per heavy atom. The van der Waals surface area contributed by atoms with Crippen LogP contribution in [-0.2, 0) is 6.54 Å². The molecule has 11 heteroatoms. The summed E-state index contributed by atoms with van der Waals surface area (Å²) in [5, 5.41) is 6.05. The fraction of sp³-hybridized carbons (Fsp3) is 0.342. The van der Waals surface area contributed by atoms with Crippen molar-refractivity contribution < 1.29 is 23.8 Å². The summed E-state index contributed by atoms with van der Waals surface area (Å²) in [6.07, 6.45) is 0.996. The Labute approximate surface area is 286 Å². The highest BCUT2D eigenvalue weighted by Crippen LogP contribution is 2.41. The second-order valence-corrected chi connectivity index (χ2v) is 12.4. The zero-order valence-electron chi connectivity index (χ0n) is 28.6. The highest BCUT2D eigenvalue weighted by molar-refractivity contribution is 6.09. The van der Waals surface area contributed by atoms with Crippen LogP contribution >= 0.6 is 0 Å². The lowest BCUT2D eigenvalue weighted by Crippen LogP contribution is -2.47. The molecule has 2 N–H and O–H groups in total. The van der Waals surface area contributed by atoms with Crippen molar-refractivity contribution in [1.29, 1.82) is 0 Å². The highest BCUT2D eigenvalue weighted by atomic mass is 16.5. The van der Waals surface area contributed by atoms with Gasteiger partial charge in [-0.2, -0.15) is 0 Å². The zero-order chi connectivity index (χ0) is 34.7. The van der Waals surface area contributed by atoms with Crippen LogP contribution in [0.1, 0.15) is 52.6 Å². The van der Waals surface area contributed by atoms with Gasteiger partial charge in [-0.3, -0.25) is 14.4 Å². The maximum absolute atomic E-state index is 13.7. The Bertz CT molecular complexity index is 1880. The van der Waals surface area contributed by atoms with Gasteiger partial charge in [0.05, 0.1) is 32.7 Å². The minimum Gasteiger partial charge on any atom is -0.493 e. The van der Waals surface area contributed by atoms with Crippen molar-refractivity contribution in [3.63, 3.8) is 0 Å². The first kappa shape index (κ1) is 33.5. The van der Waals surface area contributed by atoms with E-state index in [1.54, 1.807) is 30.3 Å². The van der Waals surface area contributed by atoms with Crippen LogP contribution < -0.4 is 40.2 Å². The van der Waals surface area contributed by atoms with E-state index in [-0.39, 0.29) is 29.2 Å². The van der Waals surface area contributed by atoms with E-state index in [1.165, 1.54) is 21.3 Å². The highest BCUT2D eigenvalue weighted by Gasteiger charge is 2.35. The number of hydrogen-bond donors (Lipinski definition) is 2. The second-order valence-electron chi connectivity index (χ2n) is 12.4. The molecule has 4 aromatic rings. The van der Waals surface area contributed by atoms with E-state index in [0.717, 1.165) is 43.1 Å². The molecule has 2 amide bonds. The Morgan fingerprint density at radius 2 is 1.47 bits per heavy atom. The van der Waals surface area contributed by atoms with E-state index in [2.05, 4.69) is 34.3 Å². The van der Waals surface area contributed by atoms with Gasteiger partial charge in [-0.05, 0) is 74.7 Å². The summed E-state index contributed by atoms with van der Waals surface area (Å²) >= 11 is 0. The molecular formula is C38H43N5O6. The summed E-state index contributed by atoms with van der Waals surface area (Å²) in [7, 11) is 4.54. The van der Waals surface area contributed by atoms with Crippen LogP contribution in [0.4, 0.5) is 22.7 Å². The third-order valence-corrected chi connectivity index (χ3v) is 9.51. The number of amides is 2. The third kappa shape index (κ3) is 6.78. The van der Waals surface area contributed by atoms with Gasteiger partial charge < -0.3 is 39.2 Å². The summed E-state index contributed by atoms with van der Waals surface area (Å²) in [4.78, 5) is 44.5. The number of anilines is 4. The molecule has 256 valence electrons. The van der Waals surface area contributed by atoms with E-state index >= 15 is 0 Å². The molecule has 1 fully saturated rings. The number of ether oxygens (including phenoxy) is 3. The van der Waals surface area contributed by atoms with Gasteiger partial charge in [0.1, 0.15) is 0 Å². The van der Waals surface area contributed by atoms with Crippen molar-refractivity contribution in [2.24, 2.45) is 5.92 Å². The SMILES string of the molecule is CCN(CC)c1ccc(C(=O)Nc2cc(C(=O)Nc3cc(OC)c(OC)c(OC)c3)ccc2N2CC3CC(C2)c2cccc(=O)n2C3)cc1. The Hall–Kier alpha value is -5.45. The molecule has 3 heterocycles. The minimum absolute atomic E-state index is 0.0306. The van der Waals surface area contributed by atoms with E-state index in [4.69, 9.17) is 14.2 Å². The van der Waals surface area contributed by atoms with Crippen LogP contribution in [0.25, 0.3) is 0 Å². The molecule has 0 spiro atoms. The maximum Gasteiger partial charge on any atom is 0.255 e. The fourth-order valence-corrected chi connectivity index (χ4v) is 7.11. The van der Waals surface area contributed by atoms with Gasteiger partial charge in [0.15, 0.2) is 11.5 Å². The first-order valence-corrected chi connectivity index (χ1v) is 16.6. The van der Waals surface area contributed by atoms with Crippen molar-refractivity contribution in [2.75, 3.05) is 67.9 Å². The number of benzene rings is 3. The monoisotopic (exact) mass is 665 g/mol. The number of methoxy groups -OCH3 is 3. The van der Waals surface area contributed by atoms with Gasteiger partial charge in [-0.25, -0.2) is 0 Å². The van der Waals surface area contributed by atoms with Crippen molar-refractivity contribution in [3.05, 3.63) is 100.0 Å². The summed E-state index contributed by atoms with van der Waals surface area (Å²) < 4.78 is 18.2. The van der Waals surface area contributed by atoms with Crippen LogP contribution in [0, 0.1) is 5.92 Å². The molecule has 3 aromatic carbocycles. The molecule has 6 rings (SSSR count). The number of hydrogen-bond acceptors (Lipinski definition) is 8. The number of nitrogens with zero attached hydrogens (tertiary/aromatic N) is 3. The molecule has 2 unspecified atom stereocenters. The zero-order valence-corrected chi connectivity index (χ0v) is 28.6. The van der Waals surface area contributed by atoms with Crippen LogP contribution in [-0.4, -0.2) is 63.9 Å². The number of fused-ring (bicyclic) bond motifs is 4. The molecule has 2 aliphatic rings. The molecule has 2 aliphatic heterocycles. The average molecular weight is 666 g/mol. The summed E-state index contributed by atoms with van der Waals surface area (Å²) in [6.45, 7) is 7.98. The molecule has 11 nitrogen and oxygen atoms in total. The van der Waals surface area contributed by atoms with Crippen molar-refractivity contribution >= 4 is 34.6 Å². The van der Waals surface area contributed by atoms with Gasteiger partial charge in [0, 0.05) is 85.0 Å². The number of carbonyl (C=O) groups is 2. The van der Waals surface area contributed by atoms with Gasteiger partial charge >= 0.3 is 0 Å². The molecule has 2 atom stereocenters. The minimum atomic E-state index is -0.372. The van der Waals surface area contributed by atoms with E-state index in [9.17, 15) is 14.4 Å². The predicted octanol–water partition coefficient (Wildman–Crippen LogP) is 5.85. The number of aromatic nitrogens is 1. The Kier molecular flexibility index (Phi) is 9.80. The molecule has 2 bridgehead atoms. The first-order chi connectivity index (χ1) is 23.8. The molecule has 49 heavy (non-hydrogen) atoms. The van der Waals surface area contributed by atoms with Crippen molar-refractivity contribution in [2.45, 2.75) is 32.7 Å². The number of carbonyl (C=O) groups excluding carboxylic acids is 2. The molecule has 0 radical (unpaired) electrons. The van der Waals surface area contributed by atoms with E-state index < -0.39 is 0 Å². The summed E-state index contributed by atoms with van der Waals surface area (Å²) in [5.74, 6) is 1.03. The van der Waals surface area contributed by atoms with Gasteiger partial charge in [-0.15, -0.1) is 0 Å². The quantitative estimate of drug-likeness (QED) is 0.205. The van der Waals surface area contributed by atoms with Crippen LogP contribution in [0.5, 0.6) is 17.2 Å². The fourth-order valence-electron chi connectivity index (χ4n) is 7.11. The molecular weight excluding hydrogens is 622 g/mol. The lowest BCUT2D eigenvalue weighted by atomic mass is 9.83. The van der Waals surface area contributed by atoms with E-state index in [1.807, 2.05) is 47.0 Å². The van der Waals surface area contributed by atoms with E-state index in [0.29, 0.717) is 52.8 Å². The second kappa shape index (κ2) is 14.3. The third-order valence-electron chi connectivity index (χ3n) is 9.51. The number of nitrogens with one attached hydrogen (secondary N) is 2. The maximum atomic E-state index is 13.7. The lowest BCUT2D eigenvalue weighted by Gasteiger charge is -2.44. The number of rotatable bonds is 11. The predicted molar refractivity (Wildman–Crippen MR) is 192 cm³/mol. The Morgan fingerprint density at radius 3 is 2.12 bits per heavy atom. The Balaban J connectivity index is 1.32. The van der Waals surface area contributed by atoms with Crippen molar-refractivity contribution in [1.82, 2.24) is 4.57 Å². The van der Waals surface area contributed by atoms with Crippen LogP contribution in [0.3, 0.4) is 0 Å². The van der Waals surface area contributed by atoms with Gasteiger partial charge in [0.2, 0.25) is 5.75 Å². The molecule has 1 aromatic heterocycles. The van der Waals surface area contributed by atoms with Gasteiger partial charge in [-0.1, -0.05) is 6.07 Å². The topological polar surface area (TPSA) is 114 Å². The molecule has 1 saturated heterocycles. The summed E-state index contributed by atoms with van der Waals surface area (Å²) in [5.41, 5.74) is 4.79. The molecule has 0 saturated carbocycles. The lowest BCUT2D eigenvalue weighted by molar-refractivity contribution is 0.101. The van der Waals surface area contributed by atoms with Crippen LogP contribution in [0.15, 0.2) is 77.6 Å². The average Bonchev–Trinajstić information content (AvgIpc) is 3.12. The standard InChI is InChI=1S/C38H43N5O6/c1-6-41(7-2)29-14-11-25(12-15-29)37(45)40-30-18-26(38(46)39-28-19-33(47-3)36(49-5)34(20-28)48-4)13-16-32(30)42-21-24-17-27(23-42)31-9-8-10-35(44)43(31)22-24/h8-16,18-20,24,27H,6-7,17,21-23H2,1-5H3,(H,39,46)(H,40,45). The summed E-state index contributed by atoms with van der Waals surface area (Å²) in [6, 6.07) is 21.7. The van der Waals surface area contributed by atoms with Crippen LogP contribution in [0.2, 0.25) is 0 Å².